The number of methoxy groups -OCH3 is 2. The van der Waals surface area contributed by atoms with Gasteiger partial charge in [0.2, 0.25) is 0 Å². The summed E-state index contributed by atoms with van der Waals surface area (Å²) in [7, 11) is 5.34. The maximum absolute atomic E-state index is 11.2. The van der Waals surface area contributed by atoms with Gasteiger partial charge in [-0.05, 0) is 50.6 Å². The third-order valence-corrected chi connectivity index (χ3v) is 5.84. The quantitative estimate of drug-likeness (QED) is 0.609. The van der Waals surface area contributed by atoms with Crippen molar-refractivity contribution in [2.45, 2.75) is 37.1 Å². The van der Waals surface area contributed by atoms with Gasteiger partial charge in [-0.25, -0.2) is 10.2 Å². The maximum Gasteiger partial charge on any atom is 0.396 e. The number of ether oxygens (including phenoxy) is 2. The first kappa shape index (κ1) is 19.2. The van der Waals surface area contributed by atoms with Crippen molar-refractivity contribution in [3.63, 3.8) is 0 Å². The molecular weight excluding hydrogens is 350 g/mol. The Morgan fingerprint density at radius 3 is 2.67 bits per heavy atom. The molecule has 146 valence electrons. The molecule has 0 radical (unpaired) electrons. The van der Waals surface area contributed by atoms with Crippen LogP contribution in [-0.2, 0) is 15.0 Å². The smallest absolute Gasteiger partial charge is 0.396 e. The van der Waals surface area contributed by atoms with E-state index in [4.69, 9.17) is 14.6 Å². The predicted octanol–water partition coefficient (Wildman–Crippen LogP) is 1.39. The summed E-state index contributed by atoms with van der Waals surface area (Å²) in [6, 6.07) is 6.32. The molecule has 2 atom stereocenters. The third-order valence-electron chi connectivity index (χ3n) is 5.84. The SMILES string of the molecule is COc1ccc([C@@]23CC/C(=N\NC(=O)C(=O)O)C[C@@H]2N(C)CC3)cc1OC. The number of hydrogen-bond acceptors (Lipinski definition) is 6. The van der Waals surface area contributed by atoms with E-state index >= 15 is 0 Å². The largest absolute Gasteiger partial charge is 0.493 e. The topological polar surface area (TPSA) is 100 Å². The number of fused-ring (bicyclic) bond motifs is 1. The van der Waals surface area contributed by atoms with Crippen LogP contribution >= 0.6 is 0 Å². The molecule has 2 N–H and O–H groups in total. The number of hydrogen-bond donors (Lipinski definition) is 2. The number of rotatable bonds is 4. The van der Waals surface area contributed by atoms with Crippen LogP contribution in [0.3, 0.4) is 0 Å². The Balaban J connectivity index is 1.87. The van der Waals surface area contributed by atoms with E-state index in [-0.39, 0.29) is 11.5 Å². The second-order valence-corrected chi connectivity index (χ2v) is 7.10. The van der Waals surface area contributed by atoms with Gasteiger partial charge in [0.15, 0.2) is 11.5 Å². The molecule has 27 heavy (non-hydrogen) atoms. The first-order valence-electron chi connectivity index (χ1n) is 8.92. The molecule has 3 rings (SSSR count). The molecule has 1 saturated carbocycles. The van der Waals surface area contributed by atoms with Crippen molar-refractivity contribution >= 4 is 17.6 Å². The minimum atomic E-state index is -1.53. The van der Waals surface area contributed by atoms with Crippen LogP contribution in [0.25, 0.3) is 0 Å². The monoisotopic (exact) mass is 375 g/mol. The molecule has 2 aliphatic rings. The van der Waals surface area contributed by atoms with Crippen LogP contribution < -0.4 is 14.9 Å². The fourth-order valence-electron chi connectivity index (χ4n) is 4.36. The van der Waals surface area contributed by atoms with Gasteiger partial charge in [0.25, 0.3) is 0 Å². The van der Waals surface area contributed by atoms with Crippen molar-refractivity contribution in [3.8, 4) is 11.5 Å². The minimum absolute atomic E-state index is 0.0237. The standard InChI is InChI=1S/C19H25N3O5/c1-22-9-8-19(12-4-5-14(26-2)15(10-12)27-3)7-6-13(11-16(19)22)20-21-17(23)18(24)25/h4-5,10,16H,6-9,11H2,1-3H3,(H,21,23)(H,24,25)/b20-13+/t16-,19-/m0/s1. The van der Waals surface area contributed by atoms with Gasteiger partial charge in [-0.3, -0.25) is 4.79 Å². The molecule has 0 unspecified atom stereocenters. The molecule has 1 aliphatic heterocycles. The summed E-state index contributed by atoms with van der Waals surface area (Å²) in [4.78, 5) is 24.2. The molecule has 0 spiro atoms. The lowest BCUT2D eigenvalue weighted by molar-refractivity contribution is -0.150. The van der Waals surface area contributed by atoms with Crippen LogP contribution in [-0.4, -0.2) is 61.4 Å². The first-order chi connectivity index (χ1) is 12.9. The number of nitrogens with one attached hydrogen (secondary N) is 1. The van der Waals surface area contributed by atoms with Crippen LogP contribution in [0.2, 0.25) is 0 Å². The van der Waals surface area contributed by atoms with E-state index in [1.807, 2.05) is 6.07 Å². The van der Waals surface area contributed by atoms with E-state index in [0.29, 0.717) is 24.3 Å². The Morgan fingerprint density at radius 2 is 2.00 bits per heavy atom. The van der Waals surface area contributed by atoms with Gasteiger partial charge >= 0.3 is 11.9 Å². The van der Waals surface area contributed by atoms with Crippen molar-refractivity contribution in [3.05, 3.63) is 23.8 Å². The van der Waals surface area contributed by atoms with Gasteiger partial charge in [0.1, 0.15) is 0 Å². The average molecular weight is 375 g/mol. The van der Waals surface area contributed by atoms with Crippen molar-refractivity contribution in [2.24, 2.45) is 5.10 Å². The summed E-state index contributed by atoms with van der Waals surface area (Å²) in [5, 5.41) is 12.7. The lowest BCUT2D eigenvalue weighted by Crippen LogP contribution is -2.46. The Bertz CT molecular complexity index is 779. The van der Waals surface area contributed by atoms with Gasteiger partial charge in [-0.2, -0.15) is 5.10 Å². The Hall–Kier alpha value is -2.61. The molecule has 0 bridgehead atoms. The number of carbonyl (C=O) groups is 2. The normalized spacial score (nSPS) is 26.5. The zero-order valence-electron chi connectivity index (χ0n) is 15.8. The number of aliphatic carboxylic acids is 1. The van der Waals surface area contributed by atoms with E-state index in [1.54, 1.807) is 14.2 Å². The molecule has 1 aliphatic carbocycles. The fourth-order valence-corrected chi connectivity index (χ4v) is 4.36. The Labute approximate surface area is 158 Å². The summed E-state index contributed by atoms with van der Waals surface area (Å²) in [6.07, 6.45) is 3.29. The van der Waals surface area contributed by atoms with Crippen LogP contribution in [0.5, 0.6) is 11.5 Å². The maximum atomic E-state index is 11.2. The van der Waals surface area contributed by atoms with E-state index in [2.05, 4.69) is 34.6 Å². The zero-order valence-corrected chi connectivity index (χ0v) is 15.8. The highest BCUT2D eigenvalue weighted by molar-refractivity contribution is 6.31. The summed E-state index contributed by atoms with van der Waals surface area (Å²) < 4.78 is 10.8. The summed E-state index contributed by atoms with van der Waals surface area (Å²) in [5.74, 6) is -1.23. The Kier molecular flexibility index (Phi) is 5.36. The van der Waals surface area contributed by atoms with Gasteiger partial charge in [0, 0.05) is 23.6 Å². The zero-order chi connectivity index (χ0) is 19.6. The number of likely N-dealkylation sites (N-methyl/N-ethyl adjacent to an activating group) is 1. The van der Waals surface area contributed by atoms with Crippen LogP contribution in [0, 0.1) is 0 Å². The number of likely N-dealkylation sites (tertiary alicyclic amines) is 1. The Morgan fingerprint density at radius 1 is 1.26 bits per heavy atom. The van der Waals surface area contributed by atoms with Gasteiger partial charge in [0.05, 0.1) is 14.2 Å². The number of benzene rings is 1. The molecule has 8 nitrogen and oxygen atoms in total. The van der Waals surface area contributed by atoms with Gasteiger partial charge in [-0.15, -0.1) is 0 Å². The highest BCUT2D eigenvalue weighted by atomic mass is 16.5. The van der Waals surface area contributed by atoms with Crippen molar-refractivity contribution in [1.82, 2.24) is 10.3 Å². The summed E-state index contributed by atoms with van der Waals surface area (Å²) >= 11 is 0. The molecule has 0 aromatic heterocycles. The molecule has 2 fully saturated rings. The van der Waals surface area contributed by atoms with Crippen molar-refractivity contribution in [2.75, 3.05) is 27.8 Å². The third kappa shape index (κ3) is 3.49. The second kappa shape index (κ2) is 7.56. The predicted molar refractivity (Wildman–Crippen MR) is 99.3 cm³/mol. The molecule has 1 heterocycles. The highest BCUT2D eigenvalue weighted by Gasteiger charge is 2.49. The number of carboxylic acid groups (broad SMARTS) is 1. The molecule has 1 amide bonds. The summed E-state index contributed by atoms with van der Waals surface area (Å²) in [6.45, 7) is 0.966. The number of carbonyl (C=O) groups excluding carboxylic acids is 1. The number of amides is 1. The molecule has 8 heteroatoms. The minimum Gasteiger partial charge on any atom is -0.493 e. The van der Waals surface area contributed by atoms with E-state index in [9.17, 15) is 9.59 Å². The highest BCUT2D eigenvalue weighted by Crippen LogP contribution is 2.49. The first-order valence-corrected chi connectivity index (χ1v) is 8.92. The average Bonchev–Trinajstić information content (AvgIpc) is 3.02. The van der Waals surface area contributed by atoms with Crippen LogP contribution in [0.15, 0.2) is 23.3 Å². The van der Waals surface area contributed by atoms with Crippen LogP contribution in [0.1, 0.15) is 31.2 Å². The number of hydrazone groups is 1. The number of carboxylic acids is 1. The van der Waals surface area contributed by atoms with Crippen molar-refractivity contribution < 1.29 is 24.2 Å². The van der Waals surface area contributed by atoms with Crippen LogP contribution in [0.4, 0.5) is 0 Å². The summed E-state index contributed by atoms with van der Waals surface area (Å²) in [5.41, 5.74) is 4.13. The number of nitrogens with zero attached hydrogens (tertiary/aromatic N) is 2. The molecule has 1 aromatic rings. The molecular formula is C19H25N3O5. The van der Waals surface area contributed by atoms with Gasteiger partial charge in [-0.1, -0.05) is 6.07 Å². The van der Waals surface area contributed by atoms with E-state index in [1.165, 1.54) is 5.56 Å². The van der Waals surface area contributed by atoms with E-state index < -0.39 is 11.9 Å². The fraction of sp³-hybridized carbons (Fsp3) is 0.526. The lowest BCUT2D eigenvalue weighted by atomic mass is 9.65. The lowest BCUT2D eigenvalue weighted by Gasteiger charge is -2.42. The van der Waals surface area contributed by atoms with E-state index in [0.717, 1.165) is 25.1 Å². The molecule has 1 aromatic carbocycles. The second-order valence-electron chi connectivity index (χ2n) is 7.10. The van der Waals surface area contributed by atoms with Crippen molar-refractivity contribution in [1.29, 1.82) is 0 Å². The van der Waals surface area contributed by atoms with Gasteiger partial charge < -0.3 is 19.5 Å². The molecule has 1 saturated heterocycles.